The summed E-state index contributed by atoms with van der Waals surface area (Å²) in [6, 6.07) is 6.21. The first-order valence-corrected chi connectivity index (χ1v) is 6.70. The third-order valence-corrected chi connectivity index (χ3v) is 3.47. The molecule has 0 aliphatic heterocycles. The molecule has 3 nitrogen and oxygen atoms in total. The van der Waals surface area contributed by atoms with Crippen LogP contribution in [0.25, 0.3) is 11.3 Å². The second-order valence-electron chi connectivity index (χ2n) is 5.04. The normalized spacial score (nSPS) is 10.7. The first-order chi connectivity index (χ1) is 9.02. The molecule has 0 spiro atoms. The Kier molecular flexibility index (Phi) is 3.84. The predicted molar refractivity (Wildman–Crippen MR) is 78.5 cm³/mol. The third kappa shape index (κ3) is 2.75. The van der Waals surface area contributed by atoms with Crippen molar-refractivity contribution in [3.8, 4) is 11.3 Å². The lowest BCUT2D eigenvalue weighted by Crippen LogP contribution is -2.16. The van der Waals surface area contributed by atoms with E-state index in [0.717, 1.165) is 29.9 Å². The van der Waals surface area contributed by atoms with Gasteiger partial charge in [-0.2, -0.15) is 0 Å². The van der Waals surface area contributed by atoms with Crippen LogP contribution in [0.1, 0.15) is 35.9 Å². The number of aromatic amines is 1. The van der Waals surface area contributed by atoms with E-state index in [1.807, 2.05) is 13.0 Å². The fraction of sp³-hybridized carbons (Fsp3) is 0.375. The molecule has 0 saturated carbocycles. The second kappa shape index (κ2) is 5.39. The van der Waals surface area contributed by atoms with Gasteiger partial charge < -0.3 is 4.98 Å². The van der Waals surface area contributed by atoms with Crippen molar-refractivity contribution < 1.29 is 0 Å². The van der Waals surface area contributed by atoms with E-state index in [1.54, 1.807) is 0 Å². The summed E-state index contributed by atoms with van der Waals surface area (Å²) in [6.45, 7) is 8.07. The first-order valence-electron chi connectivity index (χ1n) is 6.70. The van der Waals surface area contributed by atoms with Crippen molar-refractivity contribution in [1.82, 2.24) is 9.97 Å². The molecular formula is C16H20N2O. The van der Waals surface area contributed by atoms with E-state index in [4.69, 9.17) is 0 Å². The number of aryl methyl sites for hydroxylation is 3. The van der Waals surface area contributed by atoms with Gasteiger partial charge in [0, 0.05) is 17.5 Å². The number of nitrogens with one attached hydrogen (secondary N) is 1. The highest BCUT2D eigenvalue weighted by molar-refractivity contribution is 5.63. The van der Waals surface area contributed by atoms with Crippen molar-refractivity contribution in [2.24, 2.45) is 0 Å². The Morgan fingerprint density at radius 2 is 1.89 bits per heavy atom. The van der Waals surface area contributed by atoms with Crippen molar-refractivity contribution in [2.45, 2.75) is 40.5 Å². The van der Waals surface area contributed by atoms with Gasteiger partial charge in [0.2, 0.25) is 0 Å². The van der Waals surface area contributed by atoms with Crippen molar-refractivity contribution in [3.63, 3.8) is 0 Å². The number of aromatic nitrogens is 2. The molecule has 0 fully saturated rings. The van der Waals surface area contributed by atoms with E-state index in [2.05, 4.69) is 42.9 Å². The van der Waals surface area contributed by atoms with Crippen LogP contribution in [0.5, 0.6) is 0 Å². The average Bonchev–Trinajstić information content (AvgIpc) is 2.37. The largest absolute Gasteiger partial charge is 0.310 e. The highest BCUT2D eigenvalue weighted by atomic mass is 16.1. The number of hydrogen-bond acceptors (Lipinski definition) is 2. The molecule has 0 aliphatic carbocycles. The Morgan fingerprint density at radius 1 is 1.16 bits per heavy atom. The van der Waals surface area contributed by atoms with Crippen LogP contribution in [-0.4, -0.2) is 9.97 Å². The average molecular weight is 256 g/mol. The molecule has 0 radical (unpaired) electrons. The quantitative estimate of drug-likeness (QED) is 0.915. The van der Waals surface area contributed by atoms with Gasteiger partial charge in [0.25, 0.3) is 5.56 Å². The molecule has 0 atom stereocenters. The van der Waals surface area contributed by atoms with E-state index in [1.165, 1.54) is 11.1 Å². The molecular weight excluding hydrogens is 236 g/mol. The molecule has 1 heterocycles. The highest BCUT2D eigenvalue weighted by Crippen LogP contribution is 2.22. The van der Waals surface area contributed by atoms with Crippen LogP contribution in [0.15, 0.2) is 23.0 Å². The lowest BCUT2D eigenvalue weighted by atomic mass is 10.0. The zero-order valence-corrected chi connectivity index (χ0v) is 12.0. The maximum Gasteiger partial charge on any atom is 0.254 e. The first kappa shape index (κ1) is 13.5. The lowest BCUT2D eigenvalue weighted by molar-refractivity contribution is 0.822. The van der Waals surface area contributed by atoms with Gasteiger partial charge in [0.1, 0.15) is 5.82 Å². The predicted octanol–water partition coefficient (Wildman–Crippen LogP) is 3.31. The summed E-state index contributed by atoms with van der Waals surface area (Å²) >= 11 is 0. The van der Waals surface area contributed by atoms with E-state index in [9.17, 15) is 4.79 Å². The van der Waals surface area contributed by atoms with E-state index in [0.29, 0.717) is 5.56 Å². The minimum atomic E-state index is -0.0355. The molecule has 2 aromatic rings. The minimum absolute atomic E-state index is 0.0355. The topological polar surface area (TPSA) is 45.8 Å². The van der Waals surface area contributed by atoms with Gasteiger partial charge in [-0.25, -0.2) is 4.98 Å². The smallest absolute Gasteiger partial charge is 0.254 e. The summed E-state index contributed by atoms with van der Waals surface area (Å²) in [5.41, 5.74) is 4.94. The molecule has 1 aromatic heterocycles. The Morgan fingerprint density at radius 3 is 2.53 bits per heavy atom. The van der Waals surface area contributed by atoms with Crippen LogP contribution in [0.2, 0.25) is 0 Å². The van der Waals surface area contributed by atoms with Gasteiger partial charge >= 0.3 is 0 Å². The molecule has 0 unspecified atom stereocenters. The van der Waals surface area contributed by atoms with Crippen LogP contribution in [0, 0.1) is 20.8 Å². The van der Waals surface area contributed by atoms with Crippen molar-refractivity contribution in [2.75, 3.05) is 0 Å². The Bertz CT molecular complexity index is 656. The summed E-state index contributed by atoms with van der Waals surface area (Å²) in [4.78, 5) is 19.4. The molecule has 0 aliphatic rings. The number of benzene rings is 1. The molecule has 0 bridgehead atoms. The van der Waals surface area contributed by atoms with Gasteiger partial charge in [-0.05, 0) is 44.4 Å². The summed E-state index contributed by atoms with van der Waals surface area (Å²) in [6.07, 6.45) is 1.77. The molecule has 2 rings (SSSR count). The highest BCUT2D eigenvalue weighted by Gasteiger charge is 2.10. The number of rotatable bonds is 3. The zero-order valence-electron chi connectivity index (χ0n) is 12.0. The summed E-state index contributed by atoms with van der Waals surface area (Å²) < 4.78 is 0. The molecule has 3 heteroatoms. The van der Waals surface area contributed by atoms with Gasteiger partial charge in [-0.1, -0.05) is 19.1 Å². The van der Waals surface area contributed by atoms with Crippen LogP contribution in [0.3, 0.4) is 0 Å². The summed E-state index contributed by atoms with van der Waals surface area (Å²) in [5.74, 6) is 0.770. The molecule has 1 N–H and O–H groups in total. The maximum atomic E-state index is 12.0. The van der Waals surface area contributed by atoms with Crippen LogP contribution >= 0.6 is 0 Å². The van der Waals surface area contributed by atoms with E-state index in [-0.39, 0.29) is 5.56 Å². The Hall–Kier alpha value is -1.90. The maximum absolute atomic E-state index is 12.0. The van der Waals surface area contributed by atoms with Crippen molar-refractivity contribution in [1.29, 1.82) is 0 Å². The monoisotopic (exact) mass is 256 g/mol. The van der Waals surface area contributed by atoms with Crippen LogP contribution in [0.4, 0.5) is 0 Å². The molecule has 1 aromatic carbocycles. The molecule has 100 valence electrons. The van der Waals surface area contributed by atoms with Crippen LogP contribution < -0.4 is 5.56 Å². The van der Waals surface area contributed by atoms with Gasteiger partial charge in [-0.3, -0.25) is 4.79 Å². The number of nitrogens with zero attached hydrogens (tertiary/aromatic N) is 1. The molecule has 0 amide bonds. The summed E-state index contributed by atoms with van der Waals surface area (Å²) in [7, 11) is 0. The van der Waals surface area contributed by atoms with Crippen molar-refractivity contribution in [3.05, 3.63) is 51.1 Å². The third-order valence-electron chi connectivity index (χ3n) is 3.47. The minimum Gasteiger partial charge on any atom is -0.310 e. The van der Waals surface area contributed by atoms with Gasteiger partial charge in [-0.15, -0.1) is 0 Å². The van der Waals surface area contributed by atoms with E-state index >= 15 is 0 Å². The number of hydrogen-bond donors (Lipinski definition) is 1. The molecule has 0 saturated heterocycles. The van der Waals surface area contributed by atoms with Crippen LogP contribution in [-0.2, 0) is 6.42 Å². The van der Waals surface area contributed by atoms with Crippen molar-refractivity contribution >= 4 is 0 Å². The molecule has 19 heavy (non-hydrogen) atoms. The summed E-state index contributed by atoms with van der Waals surface area (Å²) in [5, 5.41) is 0. The van der Waals surface area contributed by atoms with Gasteiger partial charge in [0.15, 0.2) is 0 Å². The number of H-pyrrole nitrogens is 1. The second-order valence-corrected chi connectivity index (χ2v) is 5.04. The Labute approximate surface area is 113 Å². The SMILES string of the molecule is CCCc1nc(-c2ccc(C)c(C)c2)c(C)c(=O)[nH]1. The van der Waals surface area contributed by atoms with Gasteiger partial charge in [0.05, 0.1) is 5.69 Å². The lowest BCUT2D eigenvalue weighted by Gasteiger charge is -2.09. The fourth-order valence-electron chi connectivity index (χ4n) is 2.10. The fourth-order valence-corrected chi connectivity index (χ4v) is 2.10. The standard InChI is InChI=1S/C16H20N2O/c1-5-6-14-17-15(12(4)16(19)18-14)13-8-7-10(2)11(3)9-13/h7-9H,5-6H2,1-4H3,(H,17,18,19). The zero-order chi connectivity index (χ0) is 14.0. The Balaban J connectivity index is 2.60. The van der Waals surface area contributed by atoms with E-state index < -0.39 is 0 Å².